The molecule has 1 aromatic carbocycles. The molecule has 2 amide bonds. The Morgan fingerprint density at radius 2 is 1.75 bits per heavy atom. The van der Waals surface area contributed by atoms with Gasteiger partial charge in [0.2, 0.25) is 11.8 Å². The minimum atomic E-state index is -0.0392. The Balaban J connectivity index is 3.19. The minimum Gasteiger partial charge on any atom is -0.377 e. The van der Waals surface area contributed by atoms with Gasteiger partial charge >= 0.3 is 0 Å². The van der Waals surface area contributed by atoms with Crippen molar-refractivity contribution in [3.05, 3.63) is 23.8 Å². The van der Waals surface area contributed by atoms with E-state index in [1.165, 1.54) is 7.11 Å². The fourth-order valence-corrected chi connectivity index (χ4v) is 3.02. The summed E-state index contributed by atoms with van der Waals surface area (Å²) in [6.45, 7) is 10.8. The van der Waals surface area contributed by atoms with E-state index in [0.29, 0.717) is 24.8 Å². The van der Waals surface area contributed by atoms with E-state index in [-0.39, 0.29) is 24.5 Å². The number of nitrogens with one attached hydrogen (secondary N) is 1. The van der Waals surface area contributed by atoms with Crippen molar-refractivity contribution < 1.29 is 14.3 Å². The molecular formula is C22H37N3O3. The molecule has 1 atom stereocenters. The zero-order valence-corrected chi connectivity index (χ0v) is 18.7. The van der Waals surface area contributed by atoms with Gasteiger partial charge in [-0.25, -0.2) is 0 Å². The molecule has 0 spiro atoms. The van der Waals surface area contributed by atoms with Crippen LogP contribution in [0.4, 0.5) is 11.4 Å². The predicted octanol–water partition coefficient (Wildman–Crippen LogP) is 3.76. The Labute approximate surface area is 170 Å². The molecule has 0 bridgehead atoms. The van der Waals surface area contributed by atoms with Crippen molar-refractivity contribution >= 4 is 23.2 Å². The van der Waals surface area contributed by atoms with Crippen molar-refractivity contribution in [2.24, 2.45) is 11.8 Å². The minimum absolute atomic E-state index is 0.00131. The van der Waals surface area contributed by atoms with Crippen LogP contribution in [-0.2, 0) is 20.9 Å². The van der Waals surface area contributed by atoms with E-state index < -0.39 is 0 Å². The van der Waals surface area contributed by atoms with Crippen molar-refractivity contribution in [3.63, 3.8) is 0 Å². The molecule has 1 N–H and O–H groups in total. The largest absolute Gasteiger partial charge is 0.377 e. The van der Waals surface area contributed by atoms with E-state index in [1.54, 1.807) is 0 Å². The predicted molar refractivity (Wildman–Crippen MR) is 116 cm³/mol. The maximum absolute atomic E-state index is 12.7. The normalized spacial score (nSPS) is 12.2. The maximum Gasteiger partial charge on any atom is 0.249 e. The molecule has 0 radical (unpaired) electrons. The molecule has 0 aliphatic carbocycles. The molecule has 0 aliphatic rings. The van der Waals surface area contributed by atoms with Gasteiger partial charge in [0, 0.05) is 51.6 Å². The SMILES string of the molecule is COCC(=O)N(Cc1cc(NC(=O)CC(C)C)ccc1N(C)C)[C@@H](C)C(C)C. The number of anilines is 2. The molecular weight excluding hydrogens is 354 g/mol. The first-order valence-electron chi connectivity index (χ1n) is 9.95. The monoisotopic (exact) mass is 391 g/mol. The summed E-state index contributed by atoms with van der Waals surface area (Å²) in [4.78, 5) is 28.7. The average molecular weight is 392 g/mol. The topological polar surface area (TPSA) is 61.9 Å². The number of nitrogens with zero attached hydrogens (tertiary/aromatic N) is 2. The fraction of sp³-hybridized carbons (Fsp3) is 0.636. The third-order valence-corrected chi connectivity index (χ3v) is 4.82. The summed E-state index contributed by atoms with van der Waals surface area (Å²) in [5.74, 6) is 0.580. The summed E-state index contributed by atoms with van der Waals surface area (Å²) in [7, 11) is 5.48. The van der Waals surface area contributed by atoms with Crippen LogP contribution in [0.15, 0.2) is 18.2 Å². The molecule has 0 saturated heterocycles. The number of methoxy groups -OCH3 is 1. The van der Waals surface area contributed by atoms with E-state index in [4.69, 9.17) is 4.74 Å². The summed E-state index contributed by atoms with van der Waals surface area (Å²) >= 11 is 0. The van der Waals surface area contributed by atoms with Crippen molar-refractivity contribution in [3.8, 4) is 0 Å². The number of ether oxygens (including phenoxy) is 1. The van der Waals surface area contributed by atoms with E-state index in [2.05, 4.69) is 26.1 Å². The summed E-state index contributed by atoms with van der Waals surface area (Å²) in [6.07, 6.45) is 0.480. The van der Waals surface area contributed by atoms with E-state index in [9.17, 15) is 9.59 Å². The second kappa shape index (κ2) is 11.1. The lowest BCUT2D eigenvalue weighted by Gasteiger charge is -2.33. The van der Waals surface area contributed by atoms with Crippen LogP contribution in [0.5, 0.6) is 0 Å². The summed E-state index contributed by atoms with van der Waals surface area (Å²) in [5.41, 5.74) is 2.76. The molecule has 0 fully saturated rings. The second-order valence-electron chi connectivity index (χ2n) is 8.32. The average Bonchev–Trinajstić information content (AvgIpc) is 2.58. The van der Waals surface area contributed by atoms with Crippen molar-refractivity contribution in [1.29, 1.82) is 0 Å². The second-order valence-corrected chi connectivity index (χ2v) is 8.32. The van der Waals surface area contributed by atoms with E-state index in [0.717, 1.165) is 16.9 Å². The van der Waals surface area contributed by atoms with Gasteiger partial charge in [0.1, 0.15) is 6.61 Å². The third kappa shape index (κ3) is 7.15. The fourth-order valence-electron chi connectivity index (χ4n) is 3.02. The van der Waals surface area contributed by atoms with Gasteiger partial charge in [-0.15, -0.1) is 0 Å². The number of benzene rings is 1. The highest BCUT2D eigenvalue weighted by molar-refractivity contribution is 5.91. The summed E-state index contributed by atoms with van der Waals surface area (Å²) < 4.78 is 5.08. The Morgan fingerprint density at radius 1 is 1.11 bits per heavy atom. The molecule has 0 heterocycles. The molecule has 6 nitrogen and oxygen atoms in total. The Hall–Kier alpha value is -2.08. The first kappa shape index (κ1) is 24.0. The molecule has 0 unspecified atom stereocenters. The molecule has 158 valence electrons. The van der Waals surface area contributed by atoms with Gasteiger partial charge in [0.25, 0.3) is 0 Å². The van der Waals surface area contributed by atoms with Gasteiger partial charge in [0.15, 0.2) is 0 Å². The number of carbonyl (C=O) groups excluding carboxylic acids is 2. The number of hydrogen-bond donors (Lipinski definition) is 1. The first-order valence-corrected chi connectivity index (χ1v) is 9.95. The van der Waals surface area contributed by atoms with Crippen LogP contribution >= 0.6 is 0 Å². The summed E-state index contributed by atoms with van der Waals surface area (Å²) in [6, 6.07) is 5.92. The van der Waals surface area contributed by atoms with Crippen LogP contribution in [0, 0.1) is 11.8 Å². The van der Waals surface area contributed by atoms with Crippen molar-refractivity contribution in [2.45, 2.75) is 53.6 Å². The molecule has 0 aromatic heterocycles. The zero-order chi connectivity index (χ0) is 21.4. The highest BCUT2D eigenvalue weighted by Crippen LogP contribution is 2.26. The van der Waals surface area contributed by atoms with Crippen LogP contribution in [0.25, 0.3) is 0 Å². The number of carbonyl (C=O) groups is 2. The van der Waals surface area contributed by atoms with Gasteiger partial charge < -0.3 is 19.9 Å². The van der Waals surface area contributed by atoms with Crippen LogP contribution < -0.4 is 10.2 Å². The third-order valence-electron chi connectivity index (χ3n) is 4.82. The van der Waals surface area contributed by atoms with Gasteiger partial charge in [0.05, 0.1) is 0 Å². The van der Waals surface area contributed by atoms with Crippen molar-refractivity contribution in [2.75, 3.05) is 38.0 Å². The molecule has 0 saturated carbocycles. The van der Waals surface area contributed by atoms with Crippen LogP contribution in [0.1, 0.15) is 46.6 Å². The number of hydrogen-bond acceptors (Lipinski definition) is 4. The molecule has 0 aliphatic heterocycles. The van der Waals surface area contributed by atoms with Crippen LogP contribution in [0.2, 0.25) is 0 Å². The quantitative estimate of drug-likeness (QED) is 0.660. The summed E-state index contributed by atoms with van der Waals surface area (Å²) in [5, 5.41) is 2.97. The van der Waals surface area contributed by atoms with E-state index in [1.807, 2.05) is 55.9 Å². The lowest BCUT2D eigenvalue weighted by molar-refractivity contribution is -0.138. The highest BCUT2D eigenvalue weighted by Gasteiger charge is 2.24. The van der Waals surface area contributed by atoms with Crippen LogP contribution in [0.3, 0.4) is 0 Å². The Morgan fingerprint density at radius 3 is 2.25 bits per heavy atom. The maximum atomic E-state index is 12.7. The Kier molecular flexibility index (Phi) is 9.46. The zero-order valence-electron chi connectivity index (χ0n) is 18.7. The number of rotatable bonds is 10. The standard InChI is InChI=1S/C22H37N3O3/c1-15(2)11-21(26)23-19-9-10-20(24(6)7)18(12-19)13-25(17(5)16(3)4)22(27)14-28-8/h9-10,12,15-17H,11,13-14H2,1-8H3,(H,23,26)/t17-/m0/s1. The van der Waals surface area contributed by atoms with Gasteiger partial charge in [-0.2, -0.15) is 0 Å². The first-order chi connectivity index (χ1) is 13.1. The lowest BCUT2D eigenvalue weighted by Crippen LogP contribution is -2.43. The lowest BCUT2D eigenvalue weighted by atomic mass is 10.0. The molecule has 1 rings (SSSR count). The molecule has 6 heteroatoms. The Bertz CT molecular complexity index is 656. The van der Waals surface area contributed by atoms with Crippen LogP contribution in [-0.4, -0.2) is 50.6 Å². The van der Waals surface area contributed by atoms with Gasteiger partial charge in [-0.05, 0) is 42.5 Å². The molecule has 28 heavy (non-hydrogen) atoms. The highest BCUT2D eigenvalue weighted by atomic mass is 16.5. The molecule has 1 aromatic rings. The number of amides is 2. The van der Waals surface area contributed by atoms with E-state index >= 15 is 0 Å². The smallest absolute Gasteiger partial charge is 0.249 e. The van der Waals surface area contributed by atoms with Gasteiger partial charge in [-0.1, -0.05) is 27.7 Å². The van der Waals surface area contributed by atoms with Gasteiger partial charge in [-0.3, -0.25) is 9.59 Å². The van der Waals surface area contributed by atoms with Crippen molar-refractivity contribution in [1.82, 2.24) is 4.90 Å².